The molecule has 0 saturated carbocycles. The smallest absolute Gasteiger partial charge is 0.264 e. The summed E-state index contributed by atoms with van der Waals surface area (Å²) >= 11 is 7.36. The van der Waals surface area contributed by atoms with Crippen molar-refractivity contribution in [1.29, 1.82) is 0 Å². The fourth-order valence-electron chi connectivity index (χ4n) is 3.09. The SMILES string of the molecule is Cc1cc(NC(=O)c2ccccc2Cl)sc1C(=O)N1CCC(C)(CN)C1. The van der Waals surface area contributed by atoms with E-state index >= 15 is 0 Å². The van der Waals surface area contributed by atoms with Crippen LogP contribution in [0.25, 0.3) is 0 Å². The Hall–Kier alpha value is -1.89. The van der Waals surface area contributed by atoms with E-state index < -0.39 is 0 Å². The fraction of sp³-hybridized carbons (Fsp3) is 0.368. The van der Waals surface area contributed by atoms with Crippen LogP contribution in [0.1, 0.15) is 38.9 Å². The van der Waals surface area contributed by atoms with E-state index in [1.807, 2.05) is 17.9 Å². The molecule has 3 rings (SSSR count). The molecule has 1 aliphatic heterocycles. The molecule has 0 bridgehead atoms. The topological polar surface area (TPSA) is 75.4 Å². The molecule has 1 aliphatic rings. The summed E-state index contributed by atoms with van der Waals surface area (Å²) in [7, 11) is 0. The Morgan fingerprint density at radius 3 is 2.77 bits per heavy atom. The average Bonchev–Trinajstić information content (AvgIpc) is 3.18. The molecule has 0 spiro atoms. The maximum Gasteiger partial charge on any atom is 0.264 e. The lowest BCUT2D eigenvalue weighted by molar-refractivity contribution is 0.0781. The molecule has 7 heteroatoms. The number of nitrogens with zero attached hydrogens (tertiary/aromatic N) is 1. The van der Waals surface area contributed by atoms with Crippen molar-refractivity contribution in [2.24, 2.45) is 11.1 Å². The van der Waals surface area contributed by atoms with Crippen LogP contribution in [0.3, 0.4) is 0 Å². The molecule has 2 aromatic rings. The van der Waals surface area contributed by atoms with Gasteiger partial charge in [0, 0.05) is 13.1 Å². The van der Waals surface area contributed by atoms with Crippen molar-refractivity contribution < 1.29 is 9.59 Å². The molecular formula is C19H22ClN3O2S. The first-order valence-corrected chi connectivity index (χ1v) is 9.68. The van der Waals surface area contributed by atoms with Crippen LogP contribution in [0, 0.1) is 12.3 Å². The van der Waals surface area contributed by atoms with E-state index in [4.69, 9.17) is 17.3 Å². The minimum absolute atomic E-state index is 0.00270. The number of hydrogen-bond acceptors (Lipinski definition) is 4. The van der Waals surface area contributed by atoms with Gasteiger partial charge in [0.1, 0.15) is 0 Å². The van der Waals surface area contributed by atoms with Crippen molar-refractivity contribution in [3.63, 3.8) is 0 Å². The van der Waals surface area contributed by atoms with Gasteiger partial charge in [-0.3, -0.25) is 9.59 Å². The fourth-order valence-corrected chi connectivity index (χ4v) is 4.35. The van der Waals surface area contributed by atoms with E-state index in [2.05, 4.69) is 12.2 Å². The molecule has 1 unspecified atom stereocenters. The number of thiophene rings is 1. The molecule has 1 saturated heterocycles. The molecule has 0 aliphatic carbocycles. The summed E-state index contributed by atoms with van der Waals surface area (Å²) in [6.07, 6.45) is 0.912. The van der Waals surface area contributed by atoms with E-state index in [1.165, 1.54) is 11.3 Å². The number of amides is 2. The van der Waals surface area contributed by atoms with Crippen LogP contribution in [0.2, 0.25) is 5.02 Å². The van der Waals surface area contributed by atoms with Crippen LogP contribution in [0.15, 0.2) is 30.3 Å². The number of nitrogens with two attached hydrogens (primary N) is 1. The molecule has 3 N–H and O–H groups in total. The molecule has 0 radical (unpaired) electrons. The van der Waals surface area contributed by atoms with Crippen LogP contribution >= 0.6 is 22.9 Å². The Kier molecular flexibility index (Phi) is 5.37. The van der Waals surface area contributed by atoms with Gasteiger partial charge in [0.05, 0.1) is 20.5 Å². The van der Waals surface area contributed by atoms with Gasteiger partial charge in [0.15, 0.2) is 0 Å². The molecular weight excluding hydrogens is 370 g/mol. The van der Waals surface area contributed by atoms with Crippen LogP contribution in [0.4, 0.5) is 5.00 Å². The zero-order valence-corrected chi connectivity index (χ0v) is 16.4. The third-order valence-corrected chi connectivity index (χ3v) is 6.28. The first-order chi connectivity index (χ1) is 12.3. The molecule has 2 amide bonds. The van der Waals surface area contributed by atoms with Gasteiger partial charge in [-0.15, -0.1) is 11.3 Å². The Morgan fingerprint density at radius 2 is 2.12 bits per heavy atom. The van der Waals surface area contributed by atoms with E-state index in [-0.39, 0.29) is 17.2 Å². The van der Waals surface area contributed by atoms with Gasteiger partial charge in [-0.2, -0.15) is 0 Å². The highest BCUT2D eigenvalue weighted by Crippen LogP contribution is 2.33. The van der Waals surface area contributed by atoms with Crippen molar-refractivity contribution in [3.8, 4) is 0 Å². The minimum Gasteiger partial charge on any atom is -0.337 e. The largest absolute Gasteiger partial charge is 0.337 e. The molecule has 138 valence electrons. The molecule has 5 nitrogen and oxygen atoms in total. The first kappa shape index (κ1) is 18.9. The summed E-state index contributed by atoms with van der Waals surface area (Å²) < 4.78 is 0. The molecule has 1 aromatic heterocycles. The third-order valence-electron chi connectivity index (χ3n) is 4.81. The number of carbonyl (C=O) groups excluding carboxylic acids is 2. The Bertz CT molecular complexity index is 851. The minimum atomic E-state index is -0.285. The summed E-state index contributed by atoms with van der Waals surface area (Å²) in [6, 6.07) is 8.70. The summed E-state index contributed by atoms with van der Waals surface area (Å²) in [5.74, 6) is -0.282. The average molecular weight is 392 g/mol. The highest BCUT2D eigenvalue weighted by atomic mass is 35.5. The van der Waals surface area contributed by atoms with E-state index in [0.29, 0.717) is 40.1 Å². The standard InChI is InChI=1S/C19H22ClN3O2S/c1-12-9-15(22-17(24)13-5-3-4-6-14(13)20)26-16(12)18(25)23-8-7-19(2,10-21)11-23/h3-6,9H,7-8,10-11,21H2,1-2H3,(H,22,24). The second-order valence-corrected chi connectivity index (χ2v) is 8.51. The third kappa shape index (κ3) is 3.77. The lowest BCUT2D eigenvalue weighted by Crippen LogP contribution is -2.34. The number of anilines is 1. The normalized spacial score (nSPS) is 19.6. The van der Waals surface area contributed by atoms with Crippen LogP contribution in [-0.2, 0) is 0 Å². The van der Waals surface area contributed by atoms with Gasteiger partial charge in [0.25, 0.3) is 11.8 Å². The molecule has 2 heterocycles. The number of hydrogen-bond donors (Lipinski definition) is 2. The van der Waals surface area contributed by atoms with Gasteiger partial charge in [-0.1, -0.05) is 30.7 Å². The second-order valence-electron chi connectivity index (χ2n) is 7.05. The molecule has 26 heavy (non-hydrogen) atoms. The highest BCUT2D eigenvalue weighted by Gasteiger charge is 2.36. The van der Waals surface area contributed by atoms with Crippen molar-refractivity contribution >= 4 is 39.8 Å². The first-order valence-electron chi connectivity index (χ1n) is 8.49. The Labute approximate surface area is 162 Å². The highest BCUT2D eigenvalue weighted by molar-refractivity contribution is 7.18. The molecule has 1 fully saturated rings. The van der Waals surface area contributed by atoms with Crippen molar-refractivity contribution in [2.45, 2.75) is 20.3 Å². The second kappa shape index (κ2) is 7.39. The number of halogens is 1. The van der Waals surface area contributed by atoms with Crippen LogP contribution < -0.4 is 11.1 Å². The van der Waals surface area contributed by atoms with Gasteiger partial charge in [0.2, 0.25) is 0 Å². The zero-order chi connectivity index (χ0) is 18.9. The number of rotatable bonds is 4. The zero-order valence-electron chi connectivity index (χ0n) is 14.8. The summed E-state index contributed by atoms with van der Waals surface area (Å²) in [5.41, 5.74) is 7.09. The van der Waals surface area contributed by atoms with Crippen molar-refractivity contribution in [1.82, 2.24) is 4.90 Å². The molecule has 1 aromatic carbocycles. The predicted molar refractivity (Wildman–Crippen MR) is 106 cm³/mol. The van der Waals surface area contributed by atoms with E-state index in [1.54, 1.807) is 24.3 Å². The predicted octanol–water partition coefficient (Wildman–Crippen LogP) is 3.77. The molecule has 1 atom stereocenters. The summed E-state index contributed by atoms with van der Waals surface area (Å²) in [4.78, 5) is 27.8. The Morgan fingerprint density at radius 1 is 1.38 bits per heavy atom. The number of aryl methyl sites for hydroxylation is 1. The summed E-state index contributed by atoms with van der Waals surface area (Å²) in [5, 5.41) is 3.87. The quantitative estimate of drug-likeness (QED) is 0.832. The van der Waals surface area contributed by atoms with Crippen molar-refractivity contribution in [2.75, 3.05) is 25.0 Å². The van der Waals surface area contributed by atoms with Crippen molar-refractivity contribution in [3.05, 3.63) is 51.4 Å². The van der Waals surface area contributed by atoms with Crippen LogP contribution in [0.5, 0.6) is 0 Å². The number of benzene rings is 1. The lowest BCUT2D eigenvalue weighted by Gasteiger charge is -2.22. The van der Waals surface area contributed by atoms with E-state index in [9.17, 15) is 9.59 Å². The van der Waals surface area contributed by atoms with Gasteiger partial charge in [-0.05, 0) is 49.1 Å². The monoisotopic (exact) mass is 391 g/mol. The number of likely N-dealkylation sites (tertiary alicyclic amines) is 1. The van der Waals surface area contributed by atoms with Gasteiger partial charge < -0.3 is 16.0 Å². The maximum absolute atomic E-state index is 12.9. The lowest BCUT2D eigenvalue weighted by atomic mass is 9.90. The van der Waals surface area contributed by atoms with Gasteiger partial charge >= 0.3 is 0 Å². The van der Waals surface area contributed by atoms with E-state index in [0.717, 1.165) is 12.0 Å². The maximum atomic E-state index is 12.9. The van der Waals surface area contributed by atoms with Crippen LogP contribution in [-0.4, -0.2) is 36.3 Å². The number of carbonyl (C=O) groups is 2. The number of nitrogens with one attached hydrogen (secondary N) is 1. The summed E-state index contributed by atoms with van der Waals surface area (Å²) in [6.45, 7) is 5.94. The Balaban J connectivity index is 1.74. The van der Waals surface area contributed by atoms with Gasteiger partial charge in [-0.25, -0.2) is 0 Å².